The molecule has 1 aliphatic heterocycles. The number of hydrogen-bond donors (Lipinski definition) is 1. The van der Waals surface area contributed by atoms with Crippen molar-refractivity contribution in [1.29, 1.82) is 0 Å². The van der Waals surface area contributed by atoms with E-state index in [0.29, 0.717) is 6.04 Å². The van der Waals surface area contributed by atoms with E-state index in [1.165, 1.54) is 36.0 Å². The number of nitrogens with zero attached hydrogens (tertiary/aromatic N) is 1. The normalized spacial score (nSPS) is 18.8. The minimum atomic E-state index is 0.414. The van der Waals surface area contributed by atoms with E-state index in [0.717, 1.165) is 25.5 Å². The van der Waals surface area contributed by atoms with Crippen molar-refractivity contribution in [2.45, 2.75) is 25.3 Å². The van der Waals surface area contributed by atoms with Crippen molar-refractivity contribution in [3.63, 3.8) is 0 Å². The van der Waals surface area contributed by atoms with Gasteiger partial charge >= 0.3 is 0 Å². The maximum absolute atomic E-state index is 5.27. The van der Waals surface area contributed by atoms with Crippen molar-refractivity contribution < 1.29 is 4.74 Å². The second-order valence-electron chi connectivity index (χ2n) is 5.89. The summed E-state index contributed by atoms with van der Waals surface area (Å²) < 4.78 is 6.47. The van der Waals surface area contributed by atoms with Crippen molar-refractivity contribution in [2.75, 3.05) is 40.4 Å². The summed E-state index contributed by atoms with van der Waals surface area (Å²) in [6.45, 7) is 4.50. The van der Waals surface area contributed by atoms with E-state index in [1.54, 1.807) is 0 Å². The van der Waals surface area contributed by atoms with Crippen LogP contribution in [0.25, 0.3) is 0 Å². The van der Waals surface area contributed by atoms with Gasteiger partial charge in [-0.3, -0.25) is 0 Å². The summed E-state index contributed by atoms with van der Waals surface area (Å²) in [5, 5.41) is 3.45. The molecular weight excluding hydrogens is 328 g/mol. The second kappa shape index (κ2) is 8.89. The van der Waals surface area contributed by atoms with Crippen LogP contribution < -0.4 is 5.32 Å². The van der Waals surface area contributed by atoms with E-state index >= 15 is 0 Å². The molecule has 1 heterocycles. The van der Waals surface area contributed by atoms with Crippen molar-refractivity contribution >= 4 is 15.9 Å². The van der Waals surface area contributed by atoms with E-state index in [2.05, 4.69) is 57.5 Å². The SMILES string of the molecule is CNC(CCN1CCC(COC)CC1)c1ccccc1Br. The highest BCUT2D eigenvalue weighted by Gasteiger charge is 2.20. The summed E-state index contributed by atoms with van der Waals surface area (Å²) in [5.74, 6) is 0.759. The molecule has 0 aromatic heterocycles. The Morgan fingerprint density at radius 1 is 1.33 bits per heavy atom. The van der Waals surface area contributed by atoms with Crippen LogP contribution in [0.1, 0.15) is 30.9 Å². The highest BCUT2D eigenvalue weighted by Crippen LogP contribution is 2.26. The zero-order valence-electron chi connectivity index (χ0n) is 13.1. The van der Waals surface area contributed by atoms with E-state index in [4.69, 9.17) is 4.74 Å². The minimum absolute atomic E-state index is 0.414. The zero-order chi connectivity index (χ0) is 15.1. The van der Waals surface area contributed by atoms with Crippen molar-refractivity contribution in [3.8, 4) is 0 Å². The maximum Gasteiger partial charge on any atom is 0.0491 e. The standard InChI is InChI=1S/C17H27BrN2O/c1-19-17(15-5-3-4-6-16(15)18)9-12-20-10-7-14(8-11-20)13-21-2/h3-6,14,17,19H,7-13H2,1-2H3. The van der Waals surface area contributed by atoms with Gasteiger partial charge in [0.15, 0.2) is 0 Å². The Bertz CT molecular complexity index is 419. The van der Waals surface area contributed by atoms with E-state index < -0.39 is 0 Å². The Morgan fingerprint density at radius 2 is 2.05 bits per heavy atom. The largest absolute Gasteiger partial charge is 0.384 e. The average molecular weight is 355 g/mol. The predicted molar refractivity (Wildman–Crippen MR) is 91.6 cm³/mol. The van der Waals surface area contributed by atoms with Crippen molar-refractivity contribution in [1.82, 2.24) is 10.2 Å². The summed E-state index contributed by atoms with van der Waals surface area (Å²) in [7, 11) is 3.86. The molecule has 21 heavy (non-hydrogen) atoms. The molecule has 1 unspecified atom stereocenters. The lowest BCUT2D eigenvalue weighted by Crippen LogP contribution is -2.36. The summed E-state index contributed by atoms with van der Waals surface area (Å²) in [4.78, 5) is 2.59. The smallest absolute Gasteiger partial charge is 0.0491 e. The van der Waals surface area contributed by atoms with Crippen LogP contribution in [0.15, 0.2) is 28.7 Å². The topological polar surface area (TPSA) is 24.5 Å². The molecule has 1 saturated heterocycles. The molecule has 1 N–H and O–H groups in total. The number of likely N-dealkylation sites (tertiary alicyclic amines) is 1. The second-order valence-corrected chi connectivity index (χ2v) is 6.75. The van der Waals surface area contributed by atoms with Crippen LogP contribution in [0.2, 0.25) is 0 Å². The molecule has 1 aromatic carbocycles. The number of benzene rings is 1. The van der Waals surface area contributed by atoms with Gasteiger partial charge < -0.3 is 15.0 Å². The molecule has 3 nitrogen and oxygen atoms in total. The first-order valence-electron chi connectivity index (χ1n) is 7.87. The fourth-order valence-corrected chi connectivity index (χ4v) is 3.70. The average Bonchev–Trinajstić information content (AvgIpc) is 2.51. The molecule has 0 spiro atoms. The molecule has 1 fully saturated rings. The summed E-state index contributed by atoms with van der Waals surface area (Å²) in [6.07, 6.45) is 3.69. The van der Waals surface area contributed by atoms with Crippen LogP contribution >= 0.6 is 15.9 Å². The van der Waals surface area contributed by atoms with Crippen LogP contribution in [0, 0.1) is 5.92 Å². The third kappa shape index (κ3) is 5.06. The number of methoxy groups -OCH3 is 1. The van der Waals surface area contributed by atoms with Crippen LogP contribution in [0.3, 0.4) is 0 Å². The Hall–Kier alpha value is -0.420. The fraction of sp³-hybridized carbons (Fsp3) is 0.647. The molecule has 1 atom stereocenters. The van der Waals surface area contributed by atoms with E-state index in [9.17, 15) is 0 Å². The molecule has 2 rings (SSSR count). The van der Waals surface area contributed by atoms with Crippen LogP contribution in [0.5, 0.6) is 0 Å². The van der Waals surface area contributed by atoms with Crippen molar-refractivity contribution in [3.05, 3.63) is 34.3 Å². The maximum atomic E-state index is 5.27. The van der Waals surface area contributed by atoms with E-state index in [-0.39, 0.29) is 0 Å². The predicted octanol–water partition coefficient (Wildman–Crippen LogP) is 3.46. The third-order valence-electron chi connectivity index (χ3n) is 4.47. The Kier molecular flexibility index (Phi) is 7.17. The zero-order valence-corrected chi connectivity index (χ0v) is 14.7. The summed E-state index contributed by atoms with van der Waals surface area (Å²) in [6, 6.07) is 8.92. The Balaban J connectivity index is 1.81. The molecule has 0 saturated carbocycles. The van der Waals surface area contributed by atoms with Gasteiger partial charge in [-0.25, -0.2) is 0 Å². The monoisotopic (exact) mass is 354 g/mol. The molecule has 0 bridgehead atoms. The van der Waals surface area contributed by atoms with Crippen LogP contribution in [0.4, 0.5) is 0 Å². The molecule has 1 aliphatic rings. The fourth-order valence-electron chi connectivity index (χ4n) is 3.14. The molecule has 0 radical (unpaired) electrons. The number of hydrogen-bond acceptors (Lipinski definition) is 3. The van der Waals surface area contributed by atoms with Crippen LogP contribution in [-0.2, 0) is 4.74 Å². The minimum Gasteiger partial charge on any atom is -0.384 e. The van der Waals surface area contributed by atoms with E-state index in [1.807, 2.05) is 7.11 Å². The molecular formula is C17H27BrN2O. The summed E-state index contributed by atoms with van der Waals surface area (Å²) >= 11 is 3.66. The lowest BCUT2D eigenvalue weighted by molar-refractivity contribution is 0.0978. The van der Waals surface area contributed by atoms with Gasteiger partial charge in [-0.15, -0.1) is 0 Å². The first-order chi connectivity index (χ1) is 10.2. The van der Waals surface area contributed by atoms with Gasteiger partial charge in [0.25, 0.3) is 0 Å². The molecule has 1 aromatic rings. The van der Waals surface area contributed by atoms with Gasteiger partial charge in [0, 0.05) is 24.2 Å². The molecule has 118 valence electrons. The van der Waals surface area contributed by atoms with Crippen LogP contribution in [-0.4, -0.2) is 45.3 Å². The number of halogens is 1. The van der Waals surface area contributed by atoms with Gasteiger partial charge in [0.05, 0.1) is 0 Å². The summed E-state index contributed by atoms with van der Waals surface area (Å²) in [5.41, 5.74) is 1.36. The lowest BCUT2D eigenvalue weighted by atomic mass is 9.97. The lowest BCUT2D eigenvalue weighted by Gasteiger charge is -2.32. The first-order valence-corrected chi connectivity index (χ1v) is 8.67. The third-order valence-corrected chi connectivity index (χ3v) is 5.19. The number of piperidine rings is 1. The van der Waals surface area contributed by atoms with Gasteiger partial charge in [-0.2, -0.15) is 0 Å². The van der Waals surface area contributed by atoms with Gasteiger partial charge in [0.2, 0.25) is 0 Å². The number of ether oxygens (including phenoxy) is 1. The Morgan fingerprint density at radius 3 is 2.67 bits per heavy atom. The first kappa shape index (κ1) is 16.9. The molecule has 4 heteroatoms. The Labute approximate surface area is 137 Å². The molecule has 0 aliphatic carbocycles. The molecule has 0 amide bonds. The highest BCUT2D eigenvalue weighted by atomic mass is 79.9. The van der Waals surface area contributed by atoms with Gasteiger partial charge in [0.1, 0.15) is 0 Å². The van der Waals surface area contributed by atoms with Crippen molar-refractivity contribution in [2.24, 2.45) is 5.92 Å². The van der Waals surface area contributed by atoms with Gasteiger partial charge in [-0.05, 0) is 63.5 Å². The number of nitrogens with one attached hydrogen (secondary N) is 1. The van der Waals surface area contributed by atoms with Gasteiger partial charge in [-0.1, -0.05) is 34.1 Å². The number of rotatable bonds is 7. The highest BCUT2D eigenvalue weighted by molar-refractivity contribution is 9.10. The quantitative estimate of drug-likeness (QED) is 0.811.